The van der Waals surface area contributed by atoms with Gasteiger partial charge < -0.3 is 25.7 Å². The first-order chi connectivity index (χ1) is 19.9. The highest BCUT2D eigenvalue weighted by Gasteiger charge is 2.27. The number of carbonyl (C=O) groups excluding carboxylic acids is 1. The zero-order valence-electron chi connectivity index (χ0n) is 23.4. The van der Waals surface area contributed by atoms with E-state index in [0.29, 0.717) is 36.9 Å². The van der Waals surface area contributed by atoms with Crippen LogP contribution in [-0.2, 0) is 13.1 Å². The number of benzene rings is 1. The molecule has 10 nitrogen and oxygen atoms in total. The van der Waals surface area contributed by atoms with Crippen molar-refractivity contribution in [3.63, 3.8) is 0 Å². The third-order valence-corrected chi connectivity index (χ3v) is 8.36. The van der Waals surface area contributed by atoms with Crippen LogP contribution < -0.4 is 16.2 Å². The van der Waals surface area contributed by atoms with Crippen LogP contribution in [0.4, 0.5) is 5.69 Å². The minimum atomic E-state index is 0.0131. The summed E-state index contributed by atoms with van der Waals surface area (Å²) in [5, 5.41) is 10.4. The summed E-state index contributed by atoms with van der Waals surface area (Å²) >= 11 is 0. The van der Waals surface area contributed by atoms with Gasteiger partial charge in [0.2, 0.25) is 0 Å². The molecule has 2 fully saturated rings. The second-order valence-corrected chi connectivity index (χ2v) is 11.5. The number of para-hydroxylation sites is 1. The van der Waals surface area contributed by atoms with Crippen molar-refractivity contribution < 1.29 is 9.53 Å². The molecule has 1 aliphatic carbocycles. The fourth-order valence-electron chi connectivity index (χ4n) is 6.02. The van der Waals surface area contributed by atoms with Crippen molar-refractivity contribution in [1.29, 1.82) is 0 Å². The Kier molecular flexibility index (Phi) is 6.42. The van der Waals surface area contributed by atoms with Crippen molar-refractivity contribution >= 4 is 28.0 Å². The van der Waals surface area contributed by atoms with Crippen LogP contribution in [-0.4, -0.2) is 60.5 Å². The number of aryl methyl sites for hydroxylation is 1. The molecule has 1 saturated heterocycles. The van der Waals surface area contributed by atoms with Crippen LogP contribution in [0, 0.1) is 12.8 Å². The minimum Gasteiger partial charge on any atom is -0.489 e. The number of hydrogen-bond acceptors (Lipinski definition) is 6. The van der Waals surface area contributed by atoms with Crippen molar-refractivity contribution in [3.05, 3.63) is 66.1 Å². The number of ether oxygens (including phenoxy) is 1. The number of nitrogens with zero attached hydrogens (tertiary/aromatic N) is 6. The molecule has 0 bridgehead atoms. The molecule has 1 saturated carbocycles. The van der Waals surface area contributed by atoms with Gasteiger partial charge in [0.25, 0.3) is 5.91 Å². The van der Waals surface area contributed by atoms with E-state index >= 15 is 0 Å². The number of amides is 1. The van der Waals surface area contributed by atoms with Gasteiger partial charge in [0, 0.05) is 49.0 Å². The Labute approximate surface area is 238 Å². The SMILES string of the molecule is Cc1c(-c2cc3cccc(OCCn4cc(N)cn4)c3n2CC2CC2)nn2cc(C(=O)N3CCC[C@@H](N)C3)ccc12. The standard InChI is InChI=1S/C31H36N8O2/c1-20-26-10-9-23(31(40)36-11-3-5-24(32)18-36)17-39(26)35-29(20)27-14-22-4-2-6-28(30(22)38(27)16-21-7-8-21)41-13-12-37-19-25(33)15-34-37/h2,4,6,9-10,14-15,17,19,21,24H,3,5,7-8,11-13,16,18,32-33H2,1H3/t24-/m1/s1. The maximum Gasteiger partial charge on any atom is 0.255 e. The number of nitrogen functional groups attached to an aromatic ring is 1. The zero-order chi connectivity index (χ0) is 28.1. The third kappa shape index (κ3) is 4.93. The maximum absolute atomic E-state index is 13.3. The molecule has 0 spiro atoms. The number of likely N-dealkylation sites (tertiary alicyclic amines) is 1. The third-order valence-electron chi connectivity index (χ3n) is 8.36. The first-order valence-corrected chi connectivity index (χ1v) is 14.5. The van der Waals surface area contributed by atoms with Gasteiger partial charge in [0.1, 0.15) is 18.1 Å². The topological polar surface area (TPSA) is 122 Å². The summed E-state index contributed by atoms with van der Waals surface area (Å²) in [6.07, 6.45) is 9.69. The van der Waals surface area contributed by atoms with Crippen LogP contribution in [0.1, 0.15) is 41.6 Å². The second-order valence-electron chi connectivity index (χ2n) is 11.5. The molecule has 10 heteroatoms. The van der Waals surface area contributed by atoms with E-state index in [-0.39, 0.29) is 11.9 Å². The van der Waals surface area contributed by atoms with Gasteiger partial charge in [0.15, 0.2) is 0 Å². The average molecular weight is 553 g/mol. The quantitative estimate of drug-likeness (QED) is 0.299. The number of anilines is 1. The molecule has 1 aromatic carbocycles. The molecule has 1 amide bonds. The van der Waals surface area contributed by atoms with Gasteiger partial charge in [-0.05, 0) is 62.8 Å². The van der Waals surface area contributed by atoms with Crippen LogP contribution in [0.3, 0.4) is 0 Å². The molecule has 0 radical (unpaired) electrons. The van der Waals surface area contributed by atoms with E-state index in [0.717, 1.165) is 65.1 Å². The summed E-state index contributed by atoms with van der Waals surface area (Å²) in [5.41, 5.74) is 18.4. The maximum atomic E-state index is 13.3. The number of fused-ring (bicyclic) bond motifs is 2. The average Bonchev–Trinajstić information content (AvgIpc) is 3.44. The predicted octanol–water partition coefficient (Wildman–Crippen LogP) is 4.10. The molecule has 4 aromatic heterocycles. The molecule has 41 heavy (non-hydrogen) atoms. The Morgan fingerprint density at radius 1 is 1.15 bits per heavy atom. The van der Waals surface area contributed by atoms with Crippen molar-refractivity contribution in [2.24, 2.45) is 11.7 Å². The fraction of sp³-hybridized carbons (Fsp3) is 0.387. The van der Waals surface area contributed by atoms with E-state index in [9.17, 15) is 4.79 Å². The van der Waals surface area contributed by atoms with E-state index in [4.69, 9.17) is 21.3 Å². The first kappa shape index (κ1) is 25.6. The number of carbonyl (C=O) groups is 1. The predicted molar refractivity (Wildman–Crippen MR) is 159 cm³/mol. The molecule has 1 atom stereocenters. The summed E-state index contributed by atoms with van der Waals surface area (Å²) in [6, 6.07) is 12.4. The highest BCUT2D eigenvalue weighted by Crippen LogP contribution is 2.39. The molecule has 4 N–H and O–H groups in total. The lowest BCUT2D eigenvalue weighted by Crippen LogP contribution is -2.45. The molecule has 0 unspecified atom stereocenters. The normalized spacial score (nSPS) is 17.5. The number of rotatable bonds is 8. The summed E-state index contributed by atoms with van der Waals surface area (Å²) < 4.78 is 12.4. The van der Waals surface area contributed by atoms with Crippen molar-refractivity contribution in [2.75, 3.05) is 25.4 Å². The second kappa shape index (κ2) is 10.3. The molecule has 2 aliphatic rings. The highest BCUT2D eigenvalue weighted by molar-refractivity contribution is 5.95. The summed E-state index contributed by atoms with van der Waals surface area (Å²) in [7, 11) is 0. The van der Waals surface area contributed by atoms with E-state index in [2.05, 4.69) is 28.7 Å². The van der Waals surface area contributed by atoms with E-state index in [1.165, 1.54) is 12.8 Å². The van der Waals surface area contributed by atoms with Crippen LogP contribution in [0.15, 0.2) is 55.0 Å². The Morgan fingerprint density at radius 2 is 2.02 bits per heavy atom. The summed E-state index contributed by atoms with van der Waals surface area (Å²) in [4.78, 5) is 15.1. The van der Waals surface area contributed by atoms with E-state index in [1.807, 2.05) is 46.1 Å². The number of piperidine rings is 1. The number of pyridine rings is 1. The van der Waals surface area contributed by atoms with Crippen LogP contribution >= 0.6 is 0 Å². The smallest absolute Gasteiger partial charge is 0.255 e. The van der Waals surface area contributed by atoms with Gasteiger partial charge in [-0.25, -0.2) is 4.52 Å². The van der Waals surface area contributed by atoms with Gasteiger partial charge in [0.05, 0.1) is 40.7 Å². The molecule has 5 heterocycles. The molecule has 5 aromatic rings. The lowest BCUT2D eigenvalue weighted by atomic mass is 10.1. The largest absolute Gasteiger partial charge is 0.489 e. The lowest BCUT2D eigenvalue weighted by Gasteiger charge is -2.30. The fourth-order valence-corrected chi connectivity index (χ4v) is 6.02. The van der Waals surface area contributed by atoms with Gasteiger partial charge in [-0.2, -0.15) is 10.2 Å². The van der Waals surface area contributed by atoms with Crippen molar-refractivity contribution in [1.82, 2.24) is 28.9 Å². The Morgan fingerprint density at radius 3 is 2.80 bits per heavy atom. The van der Waals surface area contributed by atoms with Gasteiger partial charge >= 0.3 is 0 Å². The number of aromatic nitrogens is 5. The Bertz CT molecular complexity index is 1740. The van der Waals surface area contributed by atoms with Gasteiger partial charge in [-0.15, -0.1) is 0 Å². The zero-order valence-corrected chi connectivity index (χ0v) is 23.4. The van der Waals surface area contributed by atoms with Gasteiger partial charge in [-0.3, -0.25) is 9.48 Å². The van der Waals surface area contributed by atoms with Crippen LogP contribution in [0.5, 0.6) is 5.75 Å². The molecule has 1 aliphatic heterocycles. The first-order valence-electron chi connectivity index (χ1n) is 14.5. The number of nitrogens with two attached hydrogens (primary N) is 2. The molecule has 212 valence electrons. The minimum absolute atomic E-state index is 0.0131. The monoisotopic (exact) mass is 552 g/mol. The van der Waals surface area contributed by atoms with E-state index < -0.39 is 0 Å². The molecule has 7 rings (SSSR count). The van der Waals surface area contributed by atoms with Crippen molar-refractivity contribution in [3.8, 4) is 17.1 Å². The Balaban J connectivity index is 1.24. The highest BCUT2D eigenvalue weighted by atomic mass is 16.5. The summed E-state index contributed by atoms with van der Waals surface area (Å²) in [6.45, 7) is 5.46. The van der Waals surface area contributed by atoms with Crippen LogP contribution in [0.25, 0.3) is 27.8 Å². The van der Waals surface area contributed by atoms with Gasteiger partial charge in [-0.1, -0.05) is 12.1 Å². The molecular weight excluding hydrogens is 516 g/mol. The van der Waals surface area contributed by atoms with Crippen LogP contribution in [0.2, 0.25) is 0 Å². The molecular formula is C31H36N8O2. The number of hydrogen-bond donors (Lipinski definition) is 2. The Hall–Kier alpha value is -4.31. The lowest BCUT2D eigenvalue weighted by molar-refractivity contribution is 0.0708. The summed E-state index contributed by atoms with van der Waals surface area (Å²) in [5.74, 6) is 1.52. The van der Waals surface area contributed by atoms with E-state index in [1.54, 1.807) is 10.9 Å². The van der Waals surface area contributed by atoms with Crippen molar-refractivity contribution in [2.45, 2.75) is 51.7 Å².